The molecule has 4 heteroatoms. The first-order valence-electron chi connectivity index (χ1n) is 6.48. The Bertz CT molecular complexity index is 391. The highest BCUT2D eigenvalue weighted by molar-refractivity contribution is 9.10. The van der Waals surface area contributed by atoms with Crippen LogP contribution in [0.5, 0.6) is 5.75 Å². The molecule has 0 bridgehead atoms. The lowest BCUT2D eigenvalue weighted by Crippen LogP contribution is -2.27. The molecule has 0 spiro atoms. The van der Waals surface area contributed by atoms with Crippen molar-refractivity contribution >= 4 is 15.9 Å². The van der Waals surface area contributed by atoms with Gasteiger partial charge in [0.2, 0.25) is 0 Å². The minimum atomic E-state index is 0.0841. The first kappa shape index (κ1) is 13.8. The fourth-order valence-corrected chi connectivity index (χ4v) is 2.86. The Hall–Kier alpha value is -0.580. The van der Waals surface area contributed by atoms with Crippen LogP contribution in [0.25, 0.3) is 0 Å². The van der Waals surface area contributed by atoms with Crippen LogP contribution in [0.15, 0.2) is 22.7 Å². The van der Waals surface area contributed by atoms with Crippen LogP contribution in [0.1, 0.15) is 31.4 Å². The molecule has 0 saturated carbocycles. The van der Waals surface area contributed by atoms with Crippen LogP contribution in [-0.4, -0.2) is 19.8 Å². The maximum atomic E-state index is 6.35. The van der Waals surface area contributed by atoms with E-state index in [0.29, 0.717) is 12.5 Å². The topological polar surface area (TPSA) is 44.5 Å². The first-order valence-corrected chi connectivity index (χ1v) is 7.27. The Balaban J connectivity index is 2.10. The van der Waals surface area contributed by atoms with Gasteiger partial charge in [-0.05, 0) is 59.3 Å². The number of nitrogens with two attached hydrogens (primary N) is 1. The zero-order valence-electron chi connectivity index (χ0n) is 10.7. The van der Waals surface area contributed by atoms with E-state index in [0.717, 1.165) is 41.8 Å². The van der Waals surface area contributed by atoms with E-state index in [1.54, 1.807) is 0 Å². The molecule has 1 heterocycles. The average Bonchev–Trinajstić information content (AvgIpc) is 2.41. The van der Waals surface area contributed by atoms with E-state index >= 15 is 0 Å². The summed E-state index contributed by atoms with van der Waals surface area (Å²) in [6, 6.07) is 6.21. The van der Waals surface area contributed by atoms with Crippen molar-refractivity contribution in [2.45, 2.75) is 25.8 Å². The highest BCUT2D eigenvalue weighted by Gasteiger charge is 2.22. The summed E-state index contributed by atoms with van der Waals surface area (Å²) >= 11 is 3.54. The molecule has 1 aliphatic rings. The van der Waals surface area contributed by atoms with E-state index in [9.17, 15) is 0 Å². The third-order valence-electron chi connectivity index (χ3n) is 3.41. The van der Waals surface area contributed by atoms with Crippen molar-refractivity contribution < 1.29 is 9.47 Å². The molecule has 0 aromatic heterocycles. The van der Waals surface area contributed by atoms with Gasteiger partial charge in [-0.2, -0.15) is 0 Å². The van der Waals surface area contributed by atoms with Gasteiger partial charge in [-0.3, -0.25) is 0 Å². The number of hydrogen-bond acceptors (Lipinski definition) is 3. The Kier molecular flexibility index (Phi) is 5.03. The smallest absolute Gasteiger partial charge is 0.133 e. The highest BCUT2D eigenvalue weighted by Crippen LogP contribution is 2.32. The number of hydrogen-bond donors (Lipinski definition) is 1. The SMILES string of the molecule is CCOc1ccc(C(N)C2CCOCC2)cc1Br. The van der Waals surface area contributed by atoms with Crippen molar-refractivity contribution in [2.75, 3.05) is 19.8 Å². The fraction of sp³-hybridized carbons (Fsp3) is 0.571. The molecule has 1 unspecified atom stereocenters. The largest absolute Gasteiger partial charge is 0.493 e. The molecule has 2 rings (SSSR count). The van der Waals surface area contributed by atoms with E-state index in [1.807, 2.05) is 13.0 Å². The lowest BCUT2D eigenvalue weighted by Gasteiger charge is -2.28. The van der Waals surface area contributed by atoms with Crippen molar-refractivity contribution in [1.82, 2.24) is 0 Å². The zero-order valence-corrected chi connectivity index (χ0v) is 12.3. The first-order chi connectivity index (χ1) is 8.72. The lowest BCUT2D eigenvalue weighted by molar-refractivity contribution is 0.0583. The van der Waals surface area contributed by atoms with E-state index in [-0.39, 0.29) is 6.04 Å². The maximum absolute atomic E-state index is 6.35. The Labute approximate surface area is 117 Å². The lowest BCUT2D eigenvalue weighted by atomic mass is 9.88. The zero-order chi connectivity index (χ0) is 13.0. The second kappa shape index (κ2) is 6.55. The van der Waals surface area contributed by atoms with Crippen LogP contribution >= 0.6 is 15.9 Å². The predicted molar refractivity (Wildman–Crippen MR) is 75.8 cm³/mol. The van der Waals surface area contributed by atoms with Crippen molar-refractivity contribution in [3.8, 4) is 5.75 Å². The van der Waals surface area contributed by atoms with Gasteiger partial charge in [0.25, 0.3) is 0 Å². The molecule has 1 fully saturated rings. The normalized spacial score (nSPS) is 18.6. The van der Waals surface area contributed by atoms with Gasteiger partial charge in [0.15, 0.2) is 0 Å². The summed E-state index contributed by atoms with van der Waals surface area (Å²) < 4.78 is 11.9. The number of benzene rings is 1. The molecule has 2 N–H and O–H groups in total. The third kappa shape index (κ3) is 3.25. The summed E-state index contributed by atoms with van der Waals surface area (Å²) in [5, 5.41) is 0. The van der Waals surface area contributed by atoms with Crippen molar-refractivity contribution in [1.29, 1.82) is 0 Å². The summed E-state index contributed by atoms with van der Waals surface area (Å²) in [5.74, 6) is 1.39. The Morgan fingerprint density at radius 3 is 2.78 bits per heavy atom. The Morgan fingerprint density at radius 1 is 1.44 bits per heavy atom. The number of halogens is 1. The molecule has 1 aliphatic heterocycles. The van der Waals surface area contributed by atoms with Crippen molar-refractivity contribution in [3.05, 3.63) is 28.2 Å². The minimum absolute atomic E-state index is 0.0841. The summed E-state index contributed by atoms with van der Waals surface area (Å²) in [5.41, 5.74) is 7.51. The fourth-order valence-electron chi connectivity index (χ4n) is 2.34. The molecule has 3 nitrogen and oxygen atoms in total. The quantitative estimate of drug-likeness (QED) is 0.927. The molecule has 1 aromatic carbocycles. The summed E-state index contributed by atoms with van der Waals surface area (Å²) in [6.07, 6.45) is 2.10. The van der Waals surface area contributed by atoms with E-state index in [4.69, 9.17) is 15.2 Å². The molecule has 100 valence electrons. The second-order valence-corrected chi connectivity index (χ2v) is 5.45. The van der Waals surface area contributed by atoms with Crippen molar-refractivity contribution in [3.63, 3.8) is 0 Å². The molecule has 0 amide bonds. The second-order valence-electron chi connectivity index (χ2n) is 4.60. The molecule has 1 saturated heterocycles. The van der Waals surface area contributed by atoms with Gasteiger partial charge in [0, 0.05) is 19.3 Å². The minimum Gasteiger partial charge on any atom is -0.493 e. The molecular formula is C14H20BrNO2. The molecule has 18 heavy (non-hydrogen) atoms. The molecule has 0 aliphatic carbocycles. The standard InChI is InChI=1S/C14H20BrNO2/c1-2-18-13-4-3-11(9-12(13)15)14(16)10-5-7-17-8-6-10/h3-4,9-10,14H,2,5-8,16H2,1H3. The maximum Gasteiger partial charge on any atom is 0.133 e. The molecule has 0 radical (unpaired) electrons. The third-order valence-corrected chi connectivity index (χ3v) is 4.03. The number of rotatable bonds is 4. The van der Waals surface area contributed by atoms with Gasteiger partial charge in [-0.15, -0.1) is 0 Å². The van der Waals surface area contributed by atoms with Gasteiger partial charge in [-0.25, -0.2) is 0 Å². The summed E-state index contributed by atoms with van der Waals surface area (Å²) in [4.78, 5) is 0. The molecule has 1 aromatic rings. The van der Waals surface area contributed by atoms with Gasteiger partial charge in [0.1, 0.15) is 5.75 Å². The van der Waals surface area contributed by atoms with Crippen LogP contribution in [0.3, 0.4) is 0 Å². The monoisotopic (exact) mass is 313 g/mol. The highest BCUT2D eigenvalue weighted by atomic mass is 79.9. The predicted octanol–water partition coefficient (Wildman–Crippen LogP) is 3.27. The van der Waals surface area contributed by atoms with Gasteiger partial charge >= 0.3 is 0 Å². The van der Waals surface area contributed by atoms with Crippen LogP contribution in [0, 0.1) is 5.92 Å². The van der Waals surface area contributed by atoms with Gasteiger partial charge in [0.05, 0.1) is 11.1 Å². The summed E-state index contributed by atoms with van der Waals surface area (Å²) in [7, 11) is 0. The average molecular weight is 314 g/mol. The van der Waals surface area contributed by atoms with Gasteiger partial charge in [-0.1, -0.05) is 6.07 Å². The van der Waals surface area contributed by atoms with E-state index in [1.165, 1.54) is 0 Å². The van der Waals surface area contributed by atoms with Gasteiger partial charge < -0.3 is 15.2 Å². The molecular weight excluding hydrogens is 294 g/mol. The van der Waals surface area contributed by atoms with E-state index < -0.39 is 0 Å². The molecule has 1 atom stereocenters. The van der Waals surface area contributed by atoms with Crippen LogP contribution in [0.2, 0.25) is 0 Å². The number of ether oxygens (including phenoxy) is 2. The van der Waals surface area contributed by atoms with Crippen LogP contribution in [-0.2, 0) is 4.74 Å². The Morgan fingerprint density at radius 2 is 2.17 bits per heavy atom. The summed E-state index contributed by atoms with van der Waals surface area (Å²) in [6.45, 7) is 4.31. The van der Waals surface area contributed by atoms with Crippen LogP contribution < -0.4 is 10.5 Å². The van der Waals surface area contributed by atoms with Crippen molar-refractivity contribution in [2.24, 2.45) is 11.7 Å². The van der Waals surface area contributed by atoms with Crippen LogP contribution in [0.4, 0.5) is 0 Å². The van der Waals surface area contributed by atoms with E-state index in [2.05, 4.69) is 28.1 Å².